The summed E-state index contributed by atoms with van der Waals surface area (Å²) in [5, 5.41) is 0. The Morgan fingerprint density at radius 2 is 1.50 bits per heavy atom. The quantitative estimate of drug-likeness (QED) is 0.396. The Morgan fingerprint density at radius 3 is 1.50 bits per heavy atom. The van der Waals surface area contributed by atoms with E-state index in [4.69, 9.17) is 4.43 Å². The Balaban J connectivity index is 3.17. The van der Waals surface area contributed by atoms with Gasteiger partial charge in [-0.25, -0.2) is 0 Å². The molecule has 0 aliphatic rings. The van der Waals surface area contributed by atoms with Crippen molar-refractivity contribution in [1.29, 1.82) is 0 Å². The van der Waals surface area contributed by atoms with E-state index in [1.165, 1.54) is 0 Å². The van der Waals surface area contributed by atoms with Crippen LogP contribution in [-0.4, -0.2) is 16.1 Å². The number of hydrogen-bond acceptors (Lipinski definition) is 1. The maximum atomic E-state index is 5.08. The summed E-state index contributed by atoms with van der Waals surface area (Å²) >= 11 is 0. The van der Waals surface area contributed by atoms with E-state index in [1.54, 1.807) is 0 Å². The van der Waals surface area contributed by atoms with Crippen molar-refractivity contribution in [2.75, 3.05) is 0 Å². The third kappa shape index (κ3) is 4.18. The highest BCUT2D eigenvalue weighted by molar-refractivity contribution is 5.98. The van der Waals surface area contributed by atoms with Gasteiger partial charge < -0.3 is 4.43 Å². The van der Waals surface area contributed by atoms with Crippen molar-refractivity contribution >= 4 is 10.5 Å². The van der Waals surface area contributed by atoms with Crippen LogP contribution >= 0.6 is 0 Å². The summed E-state index contributed by atoms with van der Waals surface area (Å²) in [4.78, 5) is 0. The van der Waals surface area contributed by atoms with Crippen LogP contribution in [0.5, 0.6) is 0 Å². The van der Waals surface area contributed by atoms with Crippen molar-refractivity contribution in [2.24, 2.45) is 0 Å². The zero-order chi connectivity index (χ0) is 5.21. The fourth-order valence-corrected chi connectivity index (χ4v) is 0. The van der Waals surface area contributed by atoms with Gasteiger partial charge in [-0.15, -0.1) is 0 Å². The lowest BCUT2D eigenvalue weighted by atomic mass is 10.2. The normalized spacial score (nSPS) is 12.5. The lowest BCUT2D eigenvalue weighted by Gasteiger charge is -2.15. The van der Waals surface area contributed by atoms with Crippen LogP contribution in [0.2, 0.25) is 0 Å². The van der Waals surface area contributed by atoms with Crippen molar-refractivity contribution < 1.29 is 4.43 Å². The molecule has 0 N–H and O–H groups in total. The second kappa shape index (κ2) is 1.75. The lowest BCUT2D eigenvalue weighted by Crippen LogP contribution is -2.16. The van der Waals surface area contributed by atoms with Gasteiger partial charge in [-0.05, 0) is 20.8 Å². The van der Waals surface area contributed by atoms with Crippen molar-refractivity contribution in [3.8, 4) is 0 Å². The lowest BCUT2D eigenvalue weighted by molar-refractivity contribution is 0.147. The van der Waals surface area contributed by atoms with Crippen LogP contribution in [0.3, 0.4) is 0 Å². The first-order chi connectivity index (χ1) is 2.56. The molecule has 2 heteroatoms. The molecule has 0 bridgehead atoms. The molecule has 0 aromatic heterocycles. The summed E-state index contributed by atoms with van der Waals surface area (Å²) < 4.78 is 5.08. The summed E-state index contributed by atoms with van der Waals surface area (Å²) in [5.74, 6) is 0. The van der Waals surface area contributed by atoms with Crippen LogP contribution < -0.4 is 0 Å². The third-order valence-electron chi connectivity index (χ3n) is 0.612. The first kappa shape index (κ1) is 6.18. The van der Waals surface area contributed by atoms with Crippen molar-refractivity contribution in [1.82, 2.24) is 0 Å². The topological polar surface area (TPSA) is 9.23 Å². The number of rotatable bonds is 0. The summed E-state index contributed by atoms with van der Waals surface area (Å²) in [6, 6.07) is 0. The summed E-state index contributed by atoms with van der Waals surface area (Å²) in [6.45, 7) is 6.17. The smallest absolute Gasteiger partial charge is 0.146 e. The molecule has 0 saturated carbocycles. The van der Waals surface area contributed by atoms with Gasteiger partial charge in [0.25, 0.3) is 0 Å². The Labute approximate surface area is 42.2 Å². The van der Waals surface area contributed by atoms with E-state index in [2.05, 4.69) is 20.8 Å². The predicted molar refractivity (Wildman–Crippen MR) is 30.8 cm³/mol. The van der Waals surface area contributed by atoms with Crippen molar-refractivity contribution in [3.05, 3.63) is 0 Å². The predicted octanol–water partition coefficient (Wildman–Crippen LogP) is 0.0819. The van der Waals surface area contributed by atoms with Crippen LogP contribution in [0.1, 0.15) is 20.8 Å². The van der Waals surface area contributed by atoms with E-state index in [9.17, 15) is 0 Å². The molecular weight excluding hydrogens is 92.1 g/mol. The Kier molecular flexibility index (Phi) is 1.81. The third-order valence-corrected chi connectivity index (χ3v) is 1.84. The van der Waals surface area contributed by atoms with Gasteiger partial charge in [-0.1, -0.05) is 0 Å². The van der Waals surface area contributed by atoms with E-state index in [-0.39, 0.29) is 5.60 Å². The molecule has 0 amide bonds. The monoisotopic (exact) mass is 104 g/mol. The van der Waals surface area contributed by atoms with Crippen LogP contribution in [-0.2, 0) is 4.43 Å². The molecule has 0 rings (SSSR count). The minimum absolute atomic E-state index is 0.103. The summed E-state index contributed by atoms with van der Waals surface area (Å²) in [6.07, 6.45) is 0. The van der Waals surface area contributed by atoms with Gasteiger partial charge in [-0.2, -0.15) is 0 Å². The molecule has 0 unspecified atom stereocenters. The van der Waals surface area contributed by atoms with E-state index < -0.39 is 0 Å². The summed E-state index contributed by atoms with van der Waals surface area (Å²) in [7, 11) is 0.848. The van der Waals surface area contributed by atoms with Crippen LogP contribution in [0.25, 0.3) is 0 Å². The van der Waals surface area contributed by atoms with Crippen LogP contribution in [0, 0.1) is 0 Å². The SMILES string of the molecule is CC(C)(C)O[SiH3]. The Hall–Kier alpha value is 0.177. The molecule has 6 heavy (non-hydrogen) atoms. The standard InChI is InChI=1S/C4H12OSi/c1-4(2,3)5-6/h1-3,6H3. The molecule has 0 fully saturated rings. The van der Waals surface area contributed by atoms with Crippen molar-refractivity contribution in [2.45, 2.75) is 26.4 Å². The van der Waals surface area contributed by atoms with Gasteiger partial charge in [0, 0.05) is 5.60 Å². The fraction of sp³-hybridized carbons (Fsp3) is 1.00. The van der Waals surface area contributed by atoms with E-state index in [0.29, 0.717) is 0 Å². The van der Waals surface area contributed by atoms with E-state index in [0.717, 1.165) is 10.5 Å². The highest BCUT2D eigenvalue weighted by Crippen LogP contribution is 2.01. The average Bonchev–Trinajstić information content (AvgIpc) is 1.35. The second-order valence-corrected chi connectivity index (χ2v) is 2.72. The molecule has 0 aromatic rings. The number of hydrogen-bond donors (Lipinski definition) is 0. The molecule has 0 saturated heterocycles. The first-order valence-electron chi connectivity index (χ1n) is 2.11. The fourth-order valence-electron chi connectivity index (χ4n) is 0. The molecule has 0 radical (unpaired) electrons. The average molecular weight is 104 g/mol. The van der Waals surface area contributed by atoms with Crippen LogP contribution in [0.4, 0.5) is 0 Å². The van der Waals surface area contributed by atoms with Gasteiger partial charge >= 0.3 is 0 Å². The van der Waals surface area contributed by atoms with Gasteiger partial charge in [0.05, 0.1) is 0 Å². The molecule has 1 nitrogen and oxygen atoms in total. The van der Waals surface area contributed by atoms with Gasteiger partial charge in [-0.3, -0.25) is 0 Å². The molecule has 0 spiro atoms. The maximum Gasteiger partial charge on any atom is 0.146 e. The molecule has 0 atom stereocenters. The highest BCUT2D eigenvalue weighted by atomic mass is 28.2. The van der Waals surface area contributed by atoms with Crippen molar-refractivity contribution in [3.63, 3.8) is 0 Å². The molecule has 0 heterocycles. The minimum Gasteiger partial charge on any atom is -0.423 e. The first-order valence-corrected chi connectivity index (χ1v) is 2.93. The van der Waals surface area contributed by atoms with Gasteiger partial charge in [0.1, 0.15) is 10.5 Å². The van der Waals surface area contributed by atoms with E-state index in [1.807, 2.05) is 0 Å². The zero-order valence-electron chi connectivity index (χ0n) is 4.91. The highest BCUT2D eigenvalue weighted by Gasteiger charge is 2.03. The molecule has 0 aliphatic heterocycles. The largest absolute Gasteiger partial charge is 0.423 e. The second-order valence-electron chi connectivity index (χ2n) is 2.32. The minimum atomic E-state index is 0.103. The van der Waals surface area contributed by atoms with Gasteiger partial charge in [0.15, 0.2) is 0 Å². The van der Waals surface area contributed by atoms with E-state index >= 15 is 0 Å². The molecule has 0 aliphatic carbocycles. The summed E-state index contributed by atoms with van der Waals surface area (Å²) in [5.41, 5.74) is 0.103. The molecule has 0 aromatic carbocycles. The Bertz CT molecular complexity index is 37.3. The Morgan fingerprint density at radius 1 is 1.33 bits per heavy atom. The van der Waals surface area contributed by atoms with Gasteiger partial charge in [0.2, 0.25) is 0 Å². The molecular formula is C4H12OSi. The maximum absolute atomic E-state index is 5.08. The van der Waals surface area contributed by atoms with Crippen LogP contribution in [0.15, 0.2) is 0 Å². The zero-order valence-corrected chi connectivity index (χ0v) is 6.91. The molecule has 38 valence electrons.